The van der Waals surface area contributed by atoms with Crippen LogP contribution in [0.3, 0.4) is 0 Å². The second-order valence-electron chi connectivity index (χ2n) is 7.38. The molecule has 0 saturated carbocycles. The lowest BCUT2D eigenvalue weighted by Gasteiger charge is -2.19. The molecule has 0 spiro atoms. The molecule has 0 radical (unpaired) electrons. The number of fused-ring (bicyclic) bond motifs is 1. The Kier molecular flexibility index (Phi) is 5.66. The van der Waals surface area contributed by atoms with E-state index < -0.39 is 17.7 Å². The fourth-order valence-corrected chi connectivity index (χ4v) is 4.66. The van der Waals surface area contributed by atoms with E-state index in [1.165, 1.54) is 29.5 Å². The zero-order valence-corrected chi connectivity index (χ0v) is 17.4. The zero-order valence-electron chi connectivity index (χ0n) is 16.6. The highest BCUT2D eigenvalue weighted by Gasteiger charge is 2.30. The number of aromatic nitrogens is 2. The summed E-state index contributed by atoms with van der Waals surface area (Å²) in [7, 11) is 0. The quantitative estimate of drug-likeness (QED) is 0.514. The van der Waals surface area contributed by atoms with Gasteiger partial charge in [0.05, 0.1) is 30.2 Å². The third kappa shape index (κ3) is 4.54. The van der Waals surface area contributed by atoms with Crippen molar-refractivity contribution < 1.29 is 23.1 Å². The minimum absolute atomic E-state index is 0.0691. The maximum atomic E-state index is 12.8. The second kappa shape index (κ2) is 8.26. The van der Waals surface area contributed by atoms with E-state index in [9.17, 15) is 18.0 Å². The van der Waals surface area contributed by atoms with Gasteiger partial charge in [-0.25, -0.2) is 0 Å². The molecule has 8 heteroatoms. The number of thioether (sulfide) groups is 1. The molecule has 1 N–H and O–H groups in total. The number of alkyl halides is 3. The zero-order chi connectivity index (χ0) is 22.2. The molecule has 2 heterocycles. The molecule has 0 aliphatic carbocycles. The lowest BCUT2D eigenvalue weighted by atomic mass is 10.1. The van der Waals surface area contributed by atoms with Crippen LogP contribution in [0.5, 0.6) is 0 Å². The van der Waals surface area contributed by atoms with Crippen LogP contribution in [-0.4, -0.2) is 20.9 Å². The summed E-state index contributed by atoms with van der Waals surface area (Å²) in [4.78, 5) is 13.1. The van der Waals surface area contributed by atoms with Gasteiger partial charge in [-0.2, -0.15) is 18.3 Å². The van der Waals surface area contributed by atoms with Gasteiger partial charge in [-0.15, -0.1) is 0 Å². The first-order chi connectivity index (χ1) is 14.7. The summed E-state index contributed by atoms with van der Waals surface area (Å²) in [5.41, 5.74) is 2.82. The number of hydrogen-bond donors (Lipinski definition) is 1. The Balaban J connectivity index is 1.56. The molecule has 2 aromatic carbocycles. The molecular formula is C23H19F3N2O2S. The van der Waals surface area contributed by atoms with Crippen LogP contribution in [0, 0.1) is 0 Å². The Bertz CT molecular complexity index is 1210. The summed E-state index contributed by atoms with van der Waals surface area (Å²) in [5.74, 6) is -0.895. The first kappa shape index (κ1) is 21.2. The number of hydrogen-bond acceptors (Lipinski definition) is 3. The van der Waals surface area contributed by atoms with E-state index in [4.69, 9.17) is 5.11 Å². The third-order valence-corrected chi connectivity index (χ3v) is 6.56. The number of rotatable bonds is 5. The van der Waals surface area contributed by atoms with Gasteiger partial charge in [-0.3, -0.25) is 9.48 Å². The van der Waals surface area contributed by atoms with Crippen molar-refractivity contribution in [2.24, 2.45) is 0 Å². The predicted molar refractivity (Wildman–Crippen MR) is 115 cm³/mol. The molecule has 4 rings (SSSR count). The molecule has 3 aromatic rings. The van der Waals surface area contributed by atoms with Gasteiger partial charge >= 0.3 is 12.1 Å². The van der Waals surface area contributed by atoms with Crippen molar-refractivity contribution in [1.82, 2.24) is 9.78 Å². The normalized spacial score (nSPS) is 14.8. The molecule has 0 saturated heterocycles. The van der Waals surface area contributed by atoms with Gasteiger partial charge in [-0.1, -0.05) is 47.7 Å². The summed E-state index contributed by atoms with van der Waals surface area (Å²) < 4.78 is 40.4. The Labute approximate surface area is 181 Å². The Morgan fingerprint density at radius 1 is 1.19 bits per heavy atom. The van der Waals surface area contributed by atoms with Gasteiger partial charge in [0.25, 0.3) is 0 Å². The first-order valence-electron chi connectivity index (χ1n) is 9.62. The topological polar surface area (TPSA) is 55.1 Å². The Morgan fingerprint density at radius 2 is 1.94 bits per heavy atom. The summed E-state index contributed by atoms with van der Waals surface area (Å²) in [6, 6.07) is 10.7. The summed E-state index contributed by atoms with van der Waals surface area (Å²) in [5, 5.41) is 14.4. The molecule has 160 valence electrons. The molecule has 0 bridgehead atoms. The average Bonchev–Trinajstić information content (AvgIpc) is 3.13. The van der Waals surface area contributed by atoms with Crippen LogP contribution in [0.15, 0.2) is 65.2 Å². The van der Waals surface area contributed by atoms with Gasteiger partial charge in [0.1, 0.15) is 0 Å². The van der Waals surface area contributed by atoms with E-state index in [0.29, 0.717) is 18.5 Å². The Hall–Kier alpha value is -3.00. The van der Waals surface area contributed by atoms with Gasteiger partial charge in [0.2, 0.25) is 0 Å². The van der Waals surface area contributed by atoms with Crippen molar-refractivity contribution in [2.45, 2.75) is 32.5 Å². The van der Waals surface area contributed by atoms with Crippen molar-refractivity contribution in [1.29, 1.82) is 0 Å². The van der Waals surface area contributed by atoms with Crippen LogP contribution in [0.1, 0.15) is 30.0 Å². The lowest BCUT2D eigenvalue weighted by Crippen LogP contribution is -2.06. The minimum Gasteiger partial charge on any atom is -0.481 e. The number of halogens is 3. The van der Waals surface area contributed by atoms with Crippen LogP contribution in [-0.2, 0) is 23.9 Å². The molecule has 0 atom stereocenters. The van der Waals surface area contributed by atoms with Crippen LogP contribution < -0.4 is 0 Å². The first-order valence-corrected chi connectivity index (χ1v) is 10.4. The van der Waals surface area contributed by atoms with E-state index in [1.807, 2.05) is 29.8 Å². The van der Waals surface area contributed by atoms with Crippen LogP contribution in [0.4, 0.5) is 13.2 Å². The van der Waals surface area contributed by atoms with Crippen LogP contribution in [0.2, 0.25) is 0 Å². The molecule has 0 amide bonds. The monoisotopic (exact) mass is 444 g/mol. The van der Waals surface area contributed by atoms with Gasteiger partial charge < -0.3 is 5.11 Å². The van der Waals surface area contributed by atoms with E-state index in [0.717, 1.165) is 38.4 Å². The fraction of sp³-hybridized carbons (Fsp3) is 0.217. The van der Waals surface area contributed by atoms with E-state index in [-0.39, 0.29) is 6.42 Å². The molecule has 0 unspecified atom stereocenters. The number of carboxylic acids is 1. The van der Waals surface area contributed by atoms with Crippen LogP contribution in [0.25, 0.3) is 15.8 Å². The van der Waals surface area contributed by atoms with E-state index >= 15 is 0 Å². The van der Waals surface area contributed by atoms with Gasteiger partial charge in [-0.05, 0) is 42.7 Å². The summed E-state index contributed by atoms with van der Waals surface area (Å²) >= 11 is 1.53. The number of aliphatic carboxylic acids is 1. The van der Waals surface area contributed by atoms with Crippen molar-refractivity contribution >= 4 is 33.5 Å². The van der Waals surface area contributed by atoms with E-state index in [2.05, 4.69) is 5.10 Å². The molecule has 1 aliphatic heterocycles. The maximum Gasteiger partial charge on any atom is 0.416 e. The Morgan fingerprint density at radius 3 is 2.61 bits per heavy atom. The summed E-state index contributed by atoms with van der Waals surface area (Å²) in [6.45, 7) is 2.54. The summed E-state index contributed by atoms with van der Waals surface area (Å²) in [6.07, 6.45) is -0.000753. The molecule has 4 nitrogen and oxygen atoms in total. The average molecular weight is 444 g/mol. The highest BCUT2D eigenvalue weighted by atomic mass is 32.2. The maximum absolute atomic E-state index is 12.8. The van der Waals surface area contributed by atoms with Gasteiger partial charge in [0, 0.05) is 15.2 Å². The number of carboxylic acid groups (broad SMARTS) is 1. The van der Waals surface area contributed by atoms with E-state index in [1.54, 1.807) is 12.3 Å². The number of nitrogens with zero attached hydrogens (tertiary/aromatic N) is 2. The highest BCUT2D eigenvalue weighted by Crippen LogP contribution is 2.42. The number of carbonyl (C=O) groups is 1. The third-order valence-electron chi connectivity index (χ3n) is 5.21. The molecule has 1 aliphatic rings. The fourth-order valence-electron chi connectivity index (χ4n) is 3.53. The van der Waals surface area contributed by atoms with Crippen molar-refractivity contribution in [2.75, 3.05) is 0 Å². The highest BCUT2D eigenvalue weighted by molar-refractivity contribution is 8.11. The van der Waals surface area contributed by atoms with Gasteiger partial charge in [0.15, 0.2) is 0 Å². The molecule has 1 aromatic heterocycles. The second-order valence-corrected chi connectivity index (χ2v) is 8.51. The van der Waals surface area contributed by atoms with Crippen molar-refractivity contribution in [3.8, 4) is 0 Å². The largest absolute Gasteiger partial charge is 0.481 e. The molecular weight excluding hydrogens is 425 g/mol. The van der Waals surface area contributed by atoms with Crippen molar-refractivity contribution in [3.63, 3.8) is 0 Å². The smallest absolute Gasteiger partial charge is 0.416 e. The molecule has 0 fully saturated rings. The molecule has 31 heavy (non-hydrogen) atoms. The number of allylic oxidation sites excluding steroid dienone is 3. The predicted octanol–water partition coefficient (Wildman–Crippen LogP) is 6.13. The SMILES string of the molecule is CC1=C(Cn2ncc3c(CC(=O)O)cccc32)SC(c2ccc(C(F)(F)F)cc2)=CC1. The number of benzene rings is 2. The standard InChI is InChI=1S/C23H19F3N2O2S/c1-14-5-10-20(15-6-8-17(9-7-15)23(24,25)26)31-21(14)13-28-19-4-2-3-16(11-22(29)30)18(19)12-27-28/h2-4,6-10,12H,5,11,13H2,1H3,(H,29,30). The van der Waals surface area contributed by atoms with Crippen molar-refractivity contribution in [3.05, 3.63) is 81.9 Å². The lowest BCUT2D eigenvalue weighted by molar-refractivity contribution is -0.138. The minimum atomic E-state index is -4.35. The van der Waals surface area contributed by atoms with Crippen LogP contribution >= 0.6 is 11.8 Å².